The highest BCUT2D eigenvalue weighted by Gasteiger charge is 2.29. The Hall–Kier alpha value is -1.64. The van der Waals surface area contributed by atoms with Crippen LogP contribution in [0.5, 0.6) is 0 Å². The minimum atomic E-state index is -0.464. The molecule has 6 nitrogen and oxygen atoms in total. The van der Waals surface area contributed by atoms with Gasteiger partial charge in [0.05, 0.1) is 11.6 Å². The molecular weight excluding hydrogens is 403 g/mol. The van der Waals surface area contributed by atoms with E-state index in [1.54, 1.807) is 17.9 Å². The summed E-state index contributed by atoms with van der Waals surface area (Å²) in [5.74, 6) is -0.464. The maximum atomic E-state index is 13.4. The number of likely N-dealkylation sites (N-methyl/N-ethyl adjacent to an activating group) is 1. The summed E-state index contributed by atoms with van der Waals surface area (Å²) in [5.41, 5.74) is 0.648. The molecule has 0 radical (unpaired) electrons. The molecule has 1 saturated heterocycles. The molecule has 0 bridgehead atoms. The number of carbonyl (C=O) groups excluding carboxylic acids is 1. The van der Waals surface area contributed by atoms with E-state index in [-0.39, 0.29) is 17.2 Å². The first-order valence-corrected chi connectivity index (χ1v) is 10.2. The Bertz CT molecular complexity index is 684. The van der Waals surface area contributed by atoms with Crippen molar-refractivity contribution >= 4 is 40.7 Å². The van der Waals surface area contributed by atoms with Gasteiger partial charge in [0.2, 0.25) is 0 Å². The maximum Gasteiger partial charge on any atom is 0.409 e. The van der Waals surface area contributed by atoms with Crippen LogP contribution in [0.25, 0.3) is 0 Å². The lowest BCUT2D eigenvalue weighted by Gasteiger charge is -2.40. The Morgan fingerprint density at radius 3 is 2.61 bits per heavy atom. The van der Waals surface area contributed by atoms with Gasteiger partial charge < -0.3 is 24.8 Å². The lowest BCUT2D eigenvalue weighted by Crippen LogP contribution is -2.51. The second-order valence-electron chi connectivity index (χ2n) is 6.97. The number of nitrogens with one attached hydrogen (secondary N) is 1. The van der Waals surface area contributed by atoms with Crippen molar-refractivity contribution in [3.63, 3.8) is 0 Å². The number of carbonyl (C=O) groups is 1. The van der Waals surface area contributed by atoms with Crippen LogP contribution >= 0.6 is 23.8 Å². The molecule has 1 aromatic rings. The average molecular weight is 431 g/mol. The predicted molar refractivity (Wildman–Crippen MR) is 115 cm³/mol. The van der Waals surface area contributed by atoms with Crippen LogP contribution in [0.1, 0.15) is 19.8 Å². The Labute approximate surface area is 176 Å². The molecule has 0 aromatic heterocycles. The number of piperidine rings is 1. The molecular formula is C19H28ClFN4O2S. The Morgan fingerprint density at radius 2 is 2.04 bits per heavy atom. The molecule has 0 saturated carbocycles. The number of likely N-dealkylation sites (tertiary alicyclic amines) is 1. The van der Waals surface area contributed by atoms with Crippen molar-refractivity contribution in [1.29, 1.82) is 0 Å². The molecule has 156 valence electrons. The molecule has 0 atom stereocenters. The summed E-state index contributed by atoms with van der Waals surface area (Å²) < 4.78 is 18.5. The van der Waals surface area contributed by atoms with Gasteiger partial charge in [-0.3, -0.25) is 0 Å². The highest BCUT2D eigenvalue weighted by molar-refractivity contribution is 7.80. The summed E-state index contributed by atoms with van der Waals surface area (Å²) in [4.78, 5) is 17.9. The topological polar surface area (TPSA) is 48.1 Å². The van der Waals surface area contributed by atoms with Crippen molar-refractivity contribution < 1.29 is 13.9 Å². The third-order valence-electron chi connectivity index (χ3n) is 4.65. The van der Waals surface area contributed by atoms with E-state index in [0.717, 1.165) is 25.9 Å². The second-order valence-corrected chi connectivity index (χ2v) is 7.77. The minimum absolute atomic E-state index is 0.0513. The molecule has 1 fully saturated rings. The number of anilines is 1. The fourth-order valence-corrected chi connectivity index (χ4v) is 3.64. The van der Waals surface area contributed by atoms with E-state index in [2.05, 4.69) is 15.1 Å². The van der Waals surface area contributed by atoms with Crippen LogP contribution in [0, 0.1) is 5.82 Å². The lowest BCUT2D eigenvalue weighted by atomic mass is 10.0. The molecule has 1 aromatic carbocycles. The SMILES string of the molecule is CCOC(=O)N1CCC(N(CCN(C)C)C(=S)Nc2ccc(F)c(Cl)c2)CC1. The van der Waals surface area contributed by atoms with Crippen LogP contribution in [0.2, 0.25) is 5.02 Å². The van der Waals surface area contributed by atoms with Crippen molar-refractivity contribution in [2.24, 2.45) is 0 Å². The van der Waals surface area contributed by atoms with Gasteiger partial charge in [0.1, 0.15) is 5.82 Å². The number of hydrogen-bond acceptors (Lipinski definition) is 4. The van der Waals surface area contributed by atoms with Gasteiger partial charge in [0.25, 0.3) is 0 Å². The van der Waals surface area contributed by atoms with E-state index < -0.39 is 5.82 Å². The zero-order valence-corrected chi connectivity index (χ0v) is 18.2. The molecule has 1 N–H and O–H groups in total. The molecule has 0 spiro atoms. The Kier molecular flexibility index (Phi) is 8.72. The molecule has 2 rings (SSSR count). The van der Waals surface area contributed by atoms with Crippen LogP contribution < -0.4 is 5.32 Å². The fraction of sp³-hybridized carbons (Fsp3) is 0.579. The normalized spacial score (nSPS) is 14.9. The highest BCUT2D eigenvalue weighted by atomic mass is 35.5. The smallest absolute Gasteiger partial charge is 0.409 e. The molecule has 1 aliphatic rings. The predicted octanol–water partition coefficient (Wildman–Crippen LogP) is 3.66. The van der Waals surface area contributed by atoms with Crippen LogP contribution in [0.15, 0.2) is 18.2 Å². The summed E-state index contributed by atoms with van der Waals surface area (Å²) >= 11 is 11.5. The number of nitrogens with zero attached hydrogens (tertiary/aromatic N) is 3. The molecule has 9 heteroatoms. The summed E-state index contributed by atoms with van der Waals surface area (Å²) in [7, 11) is 4.02. The summed E-state index contributed by atoms with van der Waals surface area (Å²) in [6.45, 7) is 5.03. The van der Waals surface area contributed by atoms with Gasteiger partial charge in [-0.2, -0.15) is 0 Å². The summed E-state index contributed by atoms with van der Waals surface area (Å²) in [5, 5.41) is 3.79. The second kappa shape index (κ2) is 10.8. The molecule has 28 heavy (non-hydrogen) atoms. The van der Waals surface area contributed by atoms with E-state index in [1.165, 1.54) is 12.1 Å². The molecule has 1 heterocycles. The zero-order chi connectivity index (χ0) is 20.7. The Morgan fingerprint density at radius 1 is 1.36 bits per heavy atom. The molecule has 1 aliphatic heterocycles. The van der Waals surface area contributed by atoms with Gasteiger partial charge in [-0.15, -0.1) is 0 Å². The van der Waals surface area contributed by atoms with Gasteiger partial charge in [0.15, 0.2) is 5.11 Å². The minimum Gasteiger partial charge on any atom is -0.450 e. The van der Waals surface area contributed by atoms with Crippen molar-refractivity contribution in [2.75, 3.05) is 52.2 Å². The largest absolute Gasteiger partial charge is 0.450 e. The van der Waals surface area contributed by atoms with Crippen LogP contribution in [0.3, 0.4) is 0 Å². The van der Waals surface area contributed by atoms with Gasteiger partial charge in [-0.1, -0.05) is 11.6 Å². The van der Waals surface area contributed by atoms with E-state index in [0.29, 0.717) is 30.5 Å². The number of amides is 1. The third-order valence-corrected chi connectivity index (χ3v) is 5.28. The van der Waals surface area contributed by atoms with Gasteiger partial charge in [-0.25, -0.2) is 9.18 Å². The first kappa shape index (κ1) is 22.6. The van der Waals surface area contributed by atoms with Crippen molar-refractivity contribution in [2.45, 2.75) is 25.8 Å². The molecule has 0 aliphatic carbocycles. The lowest BCUT2D eigenvalue weighted by molar-refractivity contribution is 0.0867. The Balaban J connectivity index is 2.03. The highest BCUT2D eigenvalue weighted by Crippen LogP contribution is 2.22. The number of rotatable bonds is 6. The third kappa shape index (κ3) is 6.46. The average Bonchev–Trinajstić information content (AvgIpc) is 2.65. The van der Waals surface area contributed by atoms with Crippen molar-refractivity contribution in [1.82, 2.24) is 14.7 Å². The zero-order valence-electron chi connectivity index (χ0n) is 16.6. The van der Waals surface area contributed by atoms with Crippen LogP contribution in [0.4, 0.5) is 14.9 Å². The molecule has 0 unspecified atom stereocenters. The summed E-state index contributed by atoms with van der Waals surface area (Å²) in [6, 6.07) is 4.66. The van der Waals surface area contributed by atoms with E-state index in [1.807, 2.05) is 14.1 Å². The molecule has 1 amide bonds. The number of hydrogen-bond donors (Lipinski definition) is 1. The monoisotopic (exact) mass is 430 g/mol. The number of halogens is 2. The maximum absolute atomic E-state index is 13.4. The number of benzene rings is 1. The van der Waals surface area contributed by atoms with Crippen LogP contribution in [-0.4, -0.2) is 78.8 Å². The van der Waals surface area contributed by atoms with Gasteiger partial charge >= 0.3 is 6.09 Å². The van der Waals surface area contributed by atoms with E-state index in [9.17, 15) is 9.18 Å². The van der Waals surface area contributed by atoms with Crippen LogP contribution in [-0.2, 0) is 4.74 Å². The van der Waals surface area contributed by atoms with E-state index in [4.69, 9.17) is 28.6 Å². The van der Waals surface area contributed by atoms with Crippen molar-refractivity contribution in [3.8, 4) is 0 Å². The van der Waals surface area contributed by atoms with Crippen molar-refractivity contribution in [3.05, 3.63) is 29.0 Å². The summed E-state index contributed by atoms with van der Waals surface area (Å²) in [6.07, 6.45) is 1.35. The number of ether oxygens (including phenoxy) is 1. The van der Waals surface area contributed by atoms with E-state index >= 15 is 0 Å². The fourth-order valence-electron chi connectivity index (χ4n) is 3.10. The standard InChI is InChI=1S/C19H28ClFN4O2S/c1-4-27-19(26)24-9-7-15(8-10-24)25(12-11-23(2)3)18(28)22-14-5-6-17(21)16(20)13-14/h5-6,13,15H,4,7-12H2,1-3H3,(H,22,28). The first-order valence-electron chi connectivity index (χ1n) is 9.41. The quantitative estimate of drug-likeness (QED) is 0.695. The number of thiocarbonyl (C=S) groups is 1. The van der Waals surface area contributed by atoms with Gasteiger partial charge in [-0.05, 0) is 64.3 Å². The van der Waals surface area contributed by atoms with Gasteiger partial charge in [0, 0.05) is 37.9 Å². The first-order chi connectivity index (χ1) is 13.3.